The van der Waals surface area contributed by atoms with Crippen molar-refractivity contribution in [2.24, 2.45) is 0 Å². The zero-order valence-corrected chi connectivity index (χ0v) is 12.1. The van der Waals surface area contributed by atoms with Crippen molar-refractivity contribution >= 4 is 14.3 Å². The van der Waals surface area contributed by atoms with Crippen molar-refractivity contribution in [2.75, 3.05) is 6.61 Å². The van der Waals surface area contributed by atoms with Gasteiger partial charge in [-0.15, -0.1) is 0 Å². The van der Waals surface area contributed by atoms with Crippen LogP contribution in [-0.4, -0.2) is 23.8 Å². The summed E-state index contributed by atoms with van der Waals surface area (Å²) in [5.74, 6) is 0. The third kappa shape index (κ3) is 4.75. The second-order valence-electron chi connectivity index (χ2n) is 5.29. The monoisotopic (exact) mass is 254 g/mol. The van der Waals surface area contributed by atoms with Crippen LogP contribution < -0.4 is 5.69 Å². The molecule has 0 aliphatic heterocycles. The van der Waals surface area contributed by atoms with E-state index in [2.05, 4.69) is 19.6 Å². The van der Waals surface area contributed by atoms with E-state index in [9.17, 15) is 4.79 Å². The summed E-state index contributed by atoms with van der Waals surface area (Å²) in [4.78, 5) is 11.8. The molecule has 0 atom stereocenters. The molecule has 4 nitrogen and oxygen atoms in total. The molecule has 0 amide bonds. The molecule has 96 valence electrons. The molecule has 1 aromatic rings. The first-order chi connectivity index (χ1) is 7.94. The first-order valence-electron chi connectivity index (χ1n) is 5.92. The van der Waals surface area contributed by atoms with Gasteiger partial charge in [-0.05, 0) is 13.0 Å². The van der Waals surface area contributed by atoms with Crippen molar-refractivity contribution in [2.45, 2.75) is 39.3 Å². The summed E-state index contributed by atoms with van der Waals surface area (Å²) in [6.07, 6.45) is 7.06. The molecule has 17 heavy (non-hydrogen) atoms. The van der Waals surface area contributed by atoms with Crippen molar-refractivity contribution in [3.05, 3.63) is 29.0 Å². The lowest BCUT2D eigenvalue weighted by Gasteiger charge is -2.15. The van der Waals surface area contributed by atoms with Gasteiger partial charge in [-0.1, -0.05) is 25.7 Å². The summed E-state index contributed by atoms with van der Waals surface area (Å²) in [6, 6.07) is 1.12. The highest BCUT2D eigenvalue weighted by Gasteiger charge is 2.12. The van der Waals surface area contributed by atoms with Gasteiger partial charge < -0.3 is 4.74 Å². The standard InChI is InChI=1S/C12H22N2O2Si/c1-5-6-13-7-8-14(12(13)15)11-16-9-10-17(2,3)4/h5-8H,9-11H2,1-4H3/b6-5-. The van der Waals surface area contributed by atoms with E-state index in [1.807, 2.05) is 13.0 Å². The number of hydrogen-bond donors (Lipinski definition) is 0. The van der Waals surface area contributed by atoms with Crippen LogP contribution in [0.25, 0.3) is 6.20 Å². The maximum Gasteiger partial charge on any atom is 0.334 e. The number of imidazole rings is 1. The van der Waals surface area contributed by atoms with Gasteiger partial charge >= 0.3 is 5.69 Å². The number of allylic oxidation sites excluding steroid dienone is 1. The average Bonchev–Trinajstić information content (AvgIpc) is 2.55. The fourth-order valence-electron chi connectivity index (χ4n) is 1.34. The maximum absolute atomic E-state index is 11.8. The number of rotatable bonds is 6. The van der Waals surface area contributed by atoms with Crippen molar-refractivity contribution in [1.29, 1.82) is 0 Å². The molecule has 0 aliphatic carbocycles. The quantitative estimate of drug-likeness (QED) is 0.577. The first-order valence-corrected chi connectivity index (χ1v) is 9.62. The zero-order chi connectivity index (χ0) is 12.9. The van der Waals surface area contributed by atoms with Gasteiger partial charge in [-0.3, -0.25) is 9.13 Å². The Hall–Kier alpha value is -1.07. The molecule has 0 N–H and O–H groups in total. The van der Waals surface area contributed by atoms with Crippen LogP contribution in [0, 0.1) is 0 Å². The molecule has 1 aromatic heterocycles. The van der Waals surface area contributed by atoms with Crippen molar-refractivity contribution in [3.63, 3.8) is 0 Å². The van der Waals surface area contributed by atoms with E-state index in [-0.39, 0.29) is 5.69 Å². The summed E-state index contributed by atoms with van der Waals surface area (Å²) < 4.78 is 8.65. The molecule has 0 bridgehead atoms. The summed E-state index contributed by atoms with van der Waals surface area (Å²) in [7, 11) is -1.05. The van der Waals surface area contributed by atoms with Gasteiger partial charge in [0.05, 0.1) is 0 Å². The first kappa shape index (κ1) is 14.0. The predicted octanol–water partition coefficient (Wildman–Crippen LogP) is 2.45. The number of nitrogens with zero attached hydrogens (tertiary/aromatic N) is 2. The molecule has 0 fully saturated rings. The topological polar surface area (TPSA) is 36.2 Å². The number of ether oxygens (including phenoxy) is 1. The maximum atomic E-state index is 11.8. The molecule has 0 unspecified atom stereocenters. The van der Waals surface area contributed by atoms with E-state index < -0.39 is 8.07 Å². The van der Waals surface area contributed by atoms with Crippen LogP contribution in [0.1, 0.15) is 6.92 Å². The van der Waals surface area contributed by atoms with E-state index in [1.54, 1.807) is 27.7 Å². The molecule has 0 radical (unpaired) electrons. The van der Waals surface area contributed by atoms with E-state index >= 15 is 0 Å². The highest BCUT2D eigenvalue weighted by atomic mass is 28.3. The minimum Gasteiger partial charge on any atom is -0.361 e. The van der Waals surface area contributed by atoms with Gasteiger partial charge in [0.1, 0.15) is 6.73 Å². The van der Waals surface area contributed by atoms with Crippen LogP contribution in [0.5, 0.6) is 0 Å². The van der Waals surface area contributed by atoms with Crippen molar-refractivity contribution in [1.82, 2.24) is 9.13 Å². The van der Waals surface area contributed by atoms with Gasteiger partial charge in [0.2, 0.25) is 0 Å². The van der Waals surface area contributed by atoms with Crippen molar-refractivity contribution < 1.29 is 4.74 Å². The largest absolute Gasteiger partial charge is 0.361 e. The minimum absolute atomic E-state index is 0.0592. The Bertz CT molecular complexity index is 426. The molecular formula is C12H22N2O2Si. The van der Waals surface area contributed by atoms with Gasteiger partial charge in [0.25, 0.3) is 0 Å². The smallest absolute Gasteiger partial charge is 0.334 e. The highest BCUT2D eigenvalue weighted by molar-refractivity contribution is 6.76. The fraction of sp³-hybridized carbons (Fsp3) is 0.583. The lowest BCUT2D eigenvalue weighted by atomic mass is 10.7. The normalized spacial score (nSPS) is 12.5. The molecule has 0 saturated carbocycles. The molecular weight excluding hydrogens is 232 g/mol. The second-order valence-corrected chi connectivity index (χ2v) is 10.9. The summed E-state index contributed by atoms with van der Waals surface area (Å²) in [5.41, 5.74) is -0.0592. The predicted molar refractivity (Wildman–Crippen MR) is 73.8 cm³/mol. The SMILES string of the molecule is C/C=C\n1ccn(COCC[Si](C)(C)C)c1=O. The van der Waals surface area contributed by atoms with Gasteiger partial charge in [-0.25, -0.2) is 4.79 Å². The number of hydrogen-bond acceptors (Lipinski definition) is 2. The van der Waals surface area contributed by atoms with E-state index in [0.717, 1.165) is 12.7 Å². The van der Waals surface area contributed by atoms with Crippen LogP contribution >= 0.6 is 0 Å². The minimum atomic E-state index is -1.05. The lowest BCUT2D eigenvalue weighted by Crippen LogP contribution is -2.25. The lowest BCUT2D eigenvalue weighted by molar-refractivity contribution is 0.0848. The molecule has 0 saturated heterocycles. The molecule has 1 heterocycles. The molecule has 0 aromatic carbocycles. The van der Waals surface area contributed by atoms with Crippen molar-refractivity contribution in [3.8, 4) is 0 Å². The van der Waals surface area contributed by atoms with Crippen LogP contribution in [0.3, 0.4) is 0 Å². The van der Waals surface area contributed by atoms with Crippen LogP contribution in [0.2, 0.25) is 25.7 Å². The third-order valence-corrected chi connectivity index (χ3v) is 4.11. The van der Waals surface area contributed by atoms with Gasteiger partial charge in [0.15, 0.2) is 0 Å². The summed E-state index contributed by atoms with van der Waals surface area (Å²) in [6.45, 7) is 9.89. The molecule has 0 spiro atoms. The molecule has 1 rings (SSSR count). The Balaban J connectivity index is 2.45. The van der Waals surface area contributed by atoms with E-state index in [0.29, 0.717) is 6.73 Å². The Labute approximate surface area is 104 Å². The van der Waals surface area contributed by atoms with Crippen LogP contribution in [-0.2, 0) is 11.5 Å². The average molecular weight is 254 g/mol. The number of aromatic nitrogens is 2. The van der Waals surface area contributed by atoms with E-state index in [1.165, 1.54) is 0 Å². The zero-order valence-electron chi connectivity index (χ0n) is 11.1. The summed E-state index contributed by atoms with van der Waals surface area (Å²) >= 11 is 0. The van der Waals surface area contributed by atoms with E-state index in [4.69, 9.17) is 4.74 Å². The Morgan fingerprint density at radius 3 is 2.65 bits per heavy atom. The van der Waals surface area contributed by atoms with Gasteiger partial charge in [0, 0.05) is 33.3 Å². The highest BCUT2D eigenvalue weighted by Crippen LogP contribution is 2.07. The van der Waals surface area contributed by atoms with Crippen LogP contribution in [0.4, 0.5) is 0 Å². The Kier molecular flexibility index (Phi) is 4.96. The third-order valence-electron chi connectivity index (χ3n) is 2.41. The molecule has 0 aliphatic rings. The van der Waals surface area contributed by atoms with Gasteiger partial charge in [-0.2, -0.15) is 0 Å². The Morgan fingerprint density at radius 2 is 2.06 bits per heavy atom. The van der Waals surface area contributed by atoms with Crippen LogP contribution in [0.15, 0.2) is 23.3 Å². The second kappa shape index (κ2) is 6.02. The molecule has 5 heteroatoms. The fourth-order valence-corrected chi connectivity index (χ4v) is 2.10. The summed E-state index contributed by atoms with van der Waals surface area (Å²) in [5, 5.41) is 0. The Morgan fingerprint density at radius 1 is 1.35 bits per heavy atom.